The number of fused-ring (bicyclic) bond motifs is 1. The van der Waals surface area contributed by atoms with Crippen molar-refractivity contribution in [3.63, 3.8) is 0 Å². The van der Waals surface area contributed by atoms with Crippen LogP contribution in [0.1, 0.15) is 29.7 Å². The highest BCUT2D eigenvalue weighted by atomic mass is 32.2. The van der Waals surface area contributed by atoms with Crippen LogP contribution in [0, 0.1) is 0 Å². The van der Waals surface area contributed by atoms with Crippen molar-refractivity contribution in [3.05, 3.63) is 119 Å². The second-order valence-corrected chi connectivity index (χ2v) is 10.1. The Kier molecular flexibility index (Phi) is 7.42. The van der Waals surface area contributed by atoms with Crippen molar-refractivity contribution in [1.82, 2.24) is 10.2 Å². The molecule has 2 unspecified atom stereocenters. The van der Waals surface area contributed by atoms with E-state index in [2.05, 4.69) is 5.32 Å². The maximum atomic E-state index is 13.7. The van der Waals surface area contributed by atoms with Gasteiger partial charge in [0.1, 0.15) is 11.4 Å². The van der Waals surface area contributed by atoms with Gasteiger partial charge in [0.25, 0.3) is 0 Å². The molecule has 2 amide bonds. The summed E-state index contributed by atoms with van der Waals surface area (Å²) in [4.78, 5) is 53.4. The predicted octanol–water partition coefficient (Wildman–Crippen LogP) is 3.80. The highest BCUT2D eigenvalue weighted by Crippen LogP contribution is 2.41. The molecule has 0 bridgehead atoms. The summed E-state index contributed by atoms with van der Waals surface area (Å²) in [5, 5.41) is 3.88. The molecular formula is C30H26N2O5S. The van der Waals surface area contributed by atoms with Crippen molar-refractivity contribution < 1.29 is 23.9 Å². The van der Waals surface area contributed by atoms with Crippen LogP contribution < -0.4 is 5.32 Å². The molecule has 1 saturated heterocycles. The van der Waals surface area contributed by atoms with E-state index >= 15 is 0 Å². The summed E-state index contributed by atoms with van der Waals surface area (Å²) in [5.41, 5.74) is 2.56. The van der Waals surface area contributed by atoms with E-state index in [1.807, 2.05) is 91.0 Å². The van der Waals surface area contributed by atoms with Gasteiger partial charge in [-0.15, -0.1) is 11.8 Å². The summed E-state index contributed by atoms with van der Waals surface area (Å²) in [6, 6.07) is 25.9. The van der Waals surface area contributed by atoms with E-state index < -0.39 is 35.4 Å². The van der Waals surface area contributed by atoms with Crippen molar-refractivity contribution in [1.29, 1.82) is 0 Å². The lowest BCUT2D eigenvalue weighted by molar-refractivity contribution is -0.165. The standard InChI is InChI=1S/C30H26N2O5S/c1-19(33)23-18-38-29-25(31-24(34)17-20-11-5-2-6-12-20)28(35)32(29)26(23)30(36)37-27(21-13-7-3-8-14-21)22-15-9-4-10-16-22/h2-16,18,25-27,29H,17H2,1H3,(H,31,34)/t25?,26?,29-/m0/s1. The summed E-state index contributed by atoms with van der Waals surface area (Å²) in [7, 11) is 0. The molecule has 7 nitrogen and oxygen atoms in total. The fraction of sp³-hybridized carbons (Fsp3) is 0.200. The number of nitrogens with one attached hydrogen (secondary N) is 1. The first-order chi connectivity index (χ1) is 18.4. The summed E-state index contributed by atoms with van der Waals surface area (Å²) >= 11 is 1.24. The zero-order valence-corrected chi connectivity index (χ0v) is 21.5. The van der Waals surface area contributed by atoms with Crippen LogP contribution in [0.2, 0.25) is 0 Å². The predicted molar refractivity (Wildman–Crippen MR) is 144 cm³/mol. The molecule has 5 rings (SSSR count). The van der Waals surface area contributed by atoms with E-state index in [1.165, 1.54) is 23.6 Å². The SMILES string of the molecule is CC(=O)C1=CS[C@H]2C(NC(=O)Cc3ccccc3)C(=O)N2C1C(=O)OC(c1ccccc1)c1ccccc1. The van der Waals surface area contributed by atoms with E-state index in [9.17, 15) is 19.2 Å². The van der Waals surface area contributed by atoms with E-state index in [1.54, 1.807) is 5.41 Å². The normalized spacial score (nSPS) is 20.2. The second kappa shape index (κ2) is 11.1. The maximum absolute atomic E-state index is 13.7. The number of carbonyl (C=O) groups excluding carboxylic acids is 4. The average Bonchev–Trinajstić information content (AvgIpc) is 2.95. The van der Waals surface area contributed by atoms with Crippen molar-refractivity contribution in [3.8, 4) is 0 Å². The molecule has 1 fully saturated rings. The largest absolute Gasteiger partial charge is 0.451 e. The first-order valence-corrected chi connectivity index (χ1v) is 13.2. The molecule has 0 aromatic heterocycles. The fourth-order valence-electron chi connectivity index (χ4n) is 4.68. The fourth-order valence-corrected chi connectivity index (χ4v) is 5.96. The first-order valence-electron chi connectivity index (χ1n) is 12.3. The molecule has 3 aromatic carbocycles. The minimum atomic E-state index is -1.19. The number of carbonyl (C=O) groups is 4. The number of ketones is 1. The molecule has 3 atom stereocenters. The Labute approximate surface area is 224 Å². The molecule has 1 N–H and O–H groups in total. The van der Waals surface area contributed by atoms with Crippen LogP contribution in [0.25, 0.3) is 0 Å². The number of nitrogens with zero attached hydrogens (tertiary/aromatic N) is 1. The van der Waals surface area contributed by atoms with Crippen molar-refractivity contribution in [2.45, 2.75) is 36.9 Å². The quantitative estimate of drug-likeness (QED) is 0.355. The Hall–Kier alpha value is -4.17. The van der Waals surface area contributed by atoms with Gasteiger partial charge in [-0.05, 0) is 29.0 Å². The minimum absolute atomic E-state index is 0.137. The third kappa shape index (κ3) is 5.13. The zero-order valence-electron chi connectivity index (χ0n) is 20.7. The van der Waals surface area contributed by atoms with Crippen LogP contribution in [0.3, 0.4) is 0 Å². The summed E-state index contributed by atoms with van der Waals surface area (Å²) < 4.78 is 6.02. The third-order valence-corrected chi connectivity index (χ3v) is 7.75. The number of Topliss-reactive ketones (excluding diaryl/α,β-unsaturated/α-hetero) is 1. The molecule has 0 saturated carbocycles. The molecule has 8 heteroatoms. The number of amides is 2. The van der Waals surface area contributed by atoms with E-state index in [4.69, 9.17) is 4.74 Å². The Bertz CT molecular complexity index is 1340. The van der Waals surface area contributed by atoms with Crippen LogP contribution in [0.15, 0.2) is 102 Å². The topological polar surface area (TPSA) is 92.8 Å². The molecule has 2 aliphatic rings. The molecule has 0 radical (unpaired) electrons. The Morgan fingerprint density at radius 1 is 0.895 bits per heavy atom. The zero-order chi connectivity index (χ0) is 26.6. The van der Waals surface area contributed by atoms with Gasteiger partial charge in [0, 0.05) is 5.57 Å². The maximum Gasteiger partial charge on any atom is 0.334 e. The highest BCUT2D eigenvalue weighted by molar-refractivity contribution is 8.03. The Morgan fingerprint density at radius 3 is 2.00 bits per heavy atom. The van der Waals surface area contributed by atoms with Crippen LogP contribution in [0.4, 0.5) is 0 Å². The minimum Gasteiger partial charge on any atom is -0.451 e. The van der Waals surface area contributed by atoms with Crippen molar-refractivity contribution in [2.24, 2.45) is 0 Å². The van der Waals surface area contributed by atoms with Gasteiger partial charge in [0.05, 0.1) is 6.42 Å². The van der Waals surface area contributed by atoms with Crippen LogP contribution in [0.5, 0.6) is 0 Å². The Morgan fingerprint density at radius 2 is 1.45 bits per heavy atom. The number of ether oxygens (including phenoxy) is 1. The molecule has 2 heterocycles. The van der Waals surface area contributed by atoms with Gasteiger partial charge in [-0.3, -0.25) is 14.4 Å². The monoisotopic (exact) mass is 526 g/mol. The van der Waals surface area contributed by atoms with Gasteiger partial charge in [-0.25, -0.2) is 4.79 Å². The van der Waals surface area contributed by atoms with Gasteiger partial charge in [-0.1, -0.05) is 91.0 Å². The van der Waals surface area contributed by atoms with E-state index in [0.717, 1.165) is 16.7 Å². The summed E-state index contributed by atoms with van der Waals surface area (Å²) in [5.74, 6) is -1.73. The lowest BCUT2D eigenvalue weighted by Crippen LogP contribution is -2.74. The van der Waals surface area contributed by atoms with Gasteiger partial charge in [-0.2, -0.15) is 0 Å². The lowest BCUT2D eigenvalue weighted by Gasteiger charge is -2.51. The molecule has 0 spiro atoms. The number of hydrogen-bond donors (Lipinski definition) is 1. The highest BCUT2D eigenvalue weighted by Gasteiger charge is 2.57. The number of thioether (sulfide) groups is 1. The number of rotatable bonds is 8. The Balaban J connectivity index is 1.37. The van der Waals surface area contributed by atoms with Gasteiger partial charge >= 0.3 is 5.97 Å². The van der Waals surface area contributed by atoms with Crippen LogP contribution >= 0.6 is 11.8 Å². The van der Waals surface area contributed by atoms with E-state index in [-0.39, 0.29) is 23.7 Å². The van der Waals surface area contributed by atoms with Gasteiger partial charge in [0.15, 0.2) is 17.9 Å². The molecule has 2 aliphatic heterocycles. The van der Waals surface area contributed by atoms with Gasteiger partial charge in [0.2, 0.25) is 11.8 Å². The summed E-state index contributed by atoms with van der Waals surface area (Å²) in [6.45, 7) is 1.36. The van der Waals surface area contributed by atoms with Crippen LogP contribution in [-0.4, -0.2) is 45.9 Å². The first kappa shape index (κ1) is 25.5. The number of esters is 1. The smallest absolute Gasteiger partial charge is 0.334 e. The molecule has 0 aliphatic carbocycles. The number of benzene rings is 3. The number of β-lactam (4-membered cyclic amide) rings is 1. The van der Waals surface area contributed by atoms with E-state index in [0.29, 0.717) is 0 Å². The third-order valence-electron chi connectivity index (χ3n) is 6.58. The summed E-state index contributed by atoms with van der Waals surface area (Å²) in [6.07, 6.45) is -0.582. The van der Waals surface area contributed by atoms with Crippen molar-refractivity contribution >= 4 is 35.3 Å². The lowest BCUT2D eigenvalue weighted by atomic mass is 9.95. The molecule has 192 valence electrons. The number of hydrogen-bond acceptors (Lipinski definition) is 6. The molecular weight excluding hydrogens is 500 g/mol. The average molecular weight is 527 g/mol. The van der Waals surface area contributed by atoms with Crippen LogP contribution in [-0.2, 0) is 30.3 Å². The van der Waals surface area contributed by atoms with Gasteiger partial charge < -0.3 is 15.0 Å². The second-order valence-electron chi connectivity index (χ2n) is 9.15. The van der Waals surface area contributed by atoms with Crippen molar-refractivity contribution in [2.75, 3.05) is 0 Å². The molecule has 38 heavy (non-hydrogen) atoms. The molecule has 3 aromatic rings.